The zero-order valence-electron chi connectivity index (χ0n) is 8.29. The van der Waals surface area contributed by atoms with Crippen LogP contribution in [0.2, 0.25) is 0 Å². The highest BCUT2D eigenvalue weighted by Crippen LogP contribution is 2.65. The molecule has 14 heteroatoms. The van der Waals surface area contributed by atoms with Gasteiger partial charge in [0.1, 0.15) is 0 Å². The molecule has 0 aliphatic heterocycles. The van der Waals surface area contributed by atoms with Gasteiger partial charge in [-0.15, -0.1) is 0 Å². The molecule has 0 aromatic heterocycles. The molecule has 0 rings (SSSR count). The lowest BCUT2D eigenvalue weighted by Crippen LogP contribution is -2.66. The Bertz CT molecular complexity index is 337. The van der Waals surface area contributed by atoms with Crippen LogP contribution < -0.4 is 0 Å². The van der Waals surface area contributed by atoms with Crippen LogP contribution in [-0.4, -0.2) is 30.4 Å². The van der Waals surface area contributed by atoms with Crippen molar-refractivity contribution in [3.8, 4) is 0 Å². The lowest BCUT2D eigenvalue weighted by molar-refractivity contribution is -0.241. The molecule has 4 unspecified atom stereocenters. The average molecular weight is 554 g/mol. The fraction of sp³-hybridized carbons (Fsp3) is 1.00. The summed E-state index contributed by atoms with van der Waals surface area (Å²) in [6.45, 7) is 0. The van der Waals surface area contributed by atoms with Crippen molar-refractivity contribution in [1.29, 1.82) is 0 Å². The van der Waals surface area contributed by atoms with Crippen LogP contribution in [0.4, 0.5) is 39.5 Å². The molecule has 0 nitrogen and oxygen atoms in total. The maximum atomic E-state index is 13.8. The van der Waals surface area contributed by atoms with Crippen LogP contribution >= 0.6 is 71.0 Å². The van der Waals surface area contributed by atoms with Gasteiger partial charge in [-0.3, -0.25) is 0 Å². The van der Waals surface area contributed by atoms with Gasteiger partial charge in [0.2, 0.25) is 0 Å². The van der Waals surface area contributed by atoms with Crippen molar-refractivity contribution in [3.63, 3.8) is 0 Å². The quantitative estimate of drug-likeness (QED) is 0.277. The molecule has 4 atom stereocenters. The van der Waals surface area contributed by atoms with Crippen molar-refractivity contribution in [2.45, 2.75) is 30.4 Å². The van der Waals surface area contributed by atoms with Crippen LogP contribution in [0.5, 0.6) is 0 Å². The van der Waals surface area contributed by atoms with Gasteiger partial charge in [0.25, 0.3) is 14.3 Å². The van der Waals surface area contributed by atoms with Gasteiger partial charge in [-0.2, -0.15) is 22.0 Å². The van der Waals surface area contributed by atoms with E-state index in [9.17, 15) is 39.5 Å². The summed E-state index contributed by atoms with van der Waals surface area (Å²) in [6.07, 6.45) is -6.35. The molecular weight excluding hydrogens is 554 g/mol. The van der Waals surface area contributed by atoms with E-state index in [0.29, 0.717) is 0 Å². The van der Waals surface area contributed by atoms with E-state index in [1.54, 1.807) is 0 Å². The minimum atomic E-state index is -6.35. The SMILES string of the molecule is FC(F)(F)C(F)(Cl)C(F)(Cl)C(F)(Br)C(F)(Br)C(F)(F)Br. The van der Waals surface area contributed by atoms with E-state index in [2.05, 4.69) is 23.2 Å². The van der Waals surface area contributed by atoms with Crippen LogP contribution in [0.25, 0.3) is 0 Å². The highest BCUT2D eigenvalue weighted by Gasteiger charge is 2.84. The Hall–Kier alpha value is 1.39. The third-order valence-electron chi connectivity index (χ3n) is 1.90. The molecule has 0 saturated heterocycles. The predicted octanol–water partition coefficient (Wildman–Crippen LogP) is 6.47. The first-order valence-electron chi connectivity index (χ1n) is 3.90. The summed E-state index contributed by atoms with van der Waals surface area (Å²) in [5.41, 5.74) is 0. The number of rotatable bonds is 4. The fourth-order valence-electron chi connectivity index (χ4n) is 0.750. The van der Waals surface area contributed by atoms with E-state index < -0.39 is 30.4 Å². The van der Waals surface area contributed by atoms with E-state index in [1.165, 1.54) is 47.8 Å². The topological polar surface area (TPSA) is 0 Å². The Morgan fingerprint density at radius 3 is 1.05 bits per heavy atom. The summed E-state index contributed by atoms with van der Waals surface area (Å²) in [6, 6.07) is 0. The number of hydrogen-bond acceptors (Lipinski definition) is 0. The van der Waals surface area contributed by atoms with E-state index in [-0.39, 0.29) is 0 Å². The first-order chi connectivity index (χ1) is 8.25. The summed E-state index contributed by atoms with van der Waals surface area (Å²) in [5.74, 6) is 0. The smallest absolute Gasteiger partial charge is 0.221 e. The normalized spacial score (nSPS) is 26.1. The van der Waals surface area contributed by atoms with Gasteiger partial charge < -0.3 is 0 Å². The molecule has 0 N–H and O–H groups in total. The minimum Gasteiger partial charge on any atom is -0.221 e. The second kappa shape index (κ2) is 5.48. The van der Waals surface area contributed by atoms with Crippen molar-refractivity contribution < 1.29 is 39.5 Å². The van der Waals surface area contributed by atoms with E-state index >= 15 is 0 Å². The molecular formula is C6Br3Cl2F9. The first-order valence-corrected chi connectivity index (χ1v) is 7.03. The average Bonchev–Trinajstić information content (AvgIpc) is 2.12. The molecule has 0 fully saturated rings. The molecule has 0 saturated carbocycles. The van der Waals surface area contributed by atoms with E-state index in [0.717, 1.165) is 0 Å². The Balaban J connectivity index is 6.08. The highest BCUT2D eigenvalue weighted by atomic mass is 79.9. The zero-order chi connectivity index (χ0) is 17.0. The lowest BCUT2D eigenvalue weighted by atomic mass is 10.1. The number of hydrogen-bond donors (Lipinski definition) is 0. The Kier molecular flexibility index (Phi) is 5.86. The van der Waals surface area contributed by atoms with Crippen molar-refractivity contribution in [1.82, 2.24) is 0 Å². The van der Waals surface area contributed by atoms with Crippen molar-refractivity contribution in [2.24, 2.45) is 0 Å². The third kappa shape index (κ3) is 3.05. The van der Waals surface area contributed by atoms with E-state index in [4.69, 9.17) is 0 Å². The zero-order valence-corrected chi connectivity index (χ0v) is 14.6. The molecule has 0 amide bonds. The molecule has 0 bridgehead atoms. The first kappa shape index (κ1) is 21.4. The molecule has 0 aliphatic carbocycles. The van der Waals surface area contributed by atoms with Gasteiger partial charge in [-0.1, -0.05) is 23.2 Å². The minimum absolute atomic E-state index is 1.25. The van der Waals surface area contributed by atoms with Crippen molar-refractivity contribution >= 4 is 71.0 Å². The summed E-state index contributed by atoms with van der Waals surface area (Å²) in [5, 5.41) is -11.3. The number of alkyl halides is 14. The van der Waals surface area contributed by atoms with Gasteiger partial charge in [0.05, 0.1) is 0 Å². The number of halogens is 14. The van der Waals surface area contributed by atoms with Crippen molar-refractivity contribution in [3.05, 3.63) is 0 Å². The molecule has 122 valence electrons. The van der Waals surface area contributed by atoms with Crippen molar-refractivity contribution in [2.75, 3.05) is 0 Å². The predicted molar refractivity (Wildman–Crippen MR) is 64.8 cm³/mol. The Morgan fingerprint density at radius 1 is 0.550 bits per heavy atom. The fourth-order valence-corrected chi connectivity index (χ4v) is 2.68. The standard InChI is InChI=1S/C6Br3Cl2F9/c7-1(12,2(8,13)5(9,16)17)3(10,14)4(11,15)6(18,19)20. The molecule has 20 heavy (non-hydrogen) atoms. The van der Waals surface area contributed by atoms with Crippen LogP contribution in [0.1, 0.15) is 0 Å². The Morgan fingerprint density at radius 2 is 0.850 bits per heavy atom. The largest absolute Gasteiger partial charge is 0.441 e. The second-order valence-electron chi connectivity index (χ2n) is 3.29. The summed E-state index contributed by atoms with van der Waals surface area (Å²) in [7, 11) is 0. The highest BCUT2D eigenvalue weighted by molar-refractivity contribution is 9.14. The monoisotopic (exact) mass is 550 g/mol. The molecule has 0 aromatic rings. The van der Waals surface area contributed by atoms with Gasteiger partial charge in [-0.05, 0) is 47.8 Å². The molecule has 0 spiro atoms. The Labute approximate surface area is 140 Å². The molecule has 0 aromatic carbocycles. The summed E-state index contributed by atoms with van der Waals surface area (Å²) >= 11 is 12.3. The molecule has 0 radical (unpaired) electrons. The van der Waals surface area contributed by atoms with Crippen LogP contribution in [0.15, 0.2) is 0 Å². The van der Waals surface area contributed by atoms with Gasteiger partial charge >= 0.3 is 16.1 Å². The van der Waals surface area contributed by atoms with E-state index in [1.807, 2.05) is 0 Å². The third-order valence-corrected chi connectivity index (χ3v) is 6.96. The maximum absolute atomic E-state index is 13.8. The van der Waals surface area contributed by atoms with Crippen LogP contribution in [-0.2, 0) is 0 Å². The molecule has 0 heterocycles. The van der Waals surface area contributed by atoms with Gasteiger partial charge in [-0.25, -0.2) is 17.6 Å². The summed E-state index contributed by atoms with van der Waals surface area (Å²) in [4.78, 5) is -5.00. The van der Waals surface area contributed by atoms with Crippen LogP contribution in [0.3, 0.4) is 0 Å². The molecule has 0 aliphatic rings. The maximum Gasteiger partial charge on any atom is 0.441 e. The van der Waals surface area contributed by atoms with Crippen LogP contribution in [0, 0.1) is 0 Å². The second-order valence-corrected chi connectivity index (χ2v) is 7.52. The lowest BCUT2D eigenvalue weighted by Gasteiger charge is -2.43. The summed E-state index contributed by atoms with van der Waals surface area (Å²) < 4.78 is 106. The van der Waals surface area contributed by atoms with Gasteiger partial charge in [0, 0.05) is 0 Å². The van der Waals surface area contributed by atoms with Gasteiger partial charge in [0.15, 0.2) is 0 Å².